The maximum absolute atomic E-state index is 11.3. The molecular formula is C29H19Cl2N3O2. The van der Waals surface area contributed by atoms with Gasteiger partial charge in [-0.2, -0.15) is 0 Å². The molecule has 1 heterocycles. The number of hydrogen-bond acceptors (Lipinski definition) is 3. The summed E-state index contributed by atoms with van der Waals surface area (Å²) in [4.78, 5) is 15.4. The first-order valence-corrected chi connectivity index (χ1v) is 11.9. The third-order valence-electron chi connectivity index (χ3n) is 5.71. The van der Waals surface area contributed by atoms with Crippen molar-refractivity contribution in [2.24, 2.45) is 4.99 Å². The fourth-order valence-electron chi connectivity index (χ4n) is 4.06. The van der Waals surface area contributed by atoms with Crippen molar-refractivity contribution in [3.05, 3.63) is 135 Å². The lowest BCUT2D eigenvalue weighted by atomic mass is 10.1. The van der Waals surface area contributed by atoms with E-state index in [0.717, 1.165) is 33.8 Å². The lowest BCUT2D eigenvalue weighted by molar-refractivity contribution is -0.384. The zero-order valence-electron chi connectivity index (χ0n) is 18.9. The Balaban J connectivity index is 1.74. The van der Waals surface area contributed by atoms with E-state index in [4.69, 9.17) is 23.2 Å². The average Bonchev–Trinajstić information content (AvgIpc) is 3.29. The molecule has 0 atom stereocenters. The van der Waals surface area contributed by atoms with Crippen LogP contribution in [0, 0.1) is 10.1 Å². The van der Waals surface area contributed by atoms with Crippen LogP contribution >= 0.6 is 23.2 Å². The second kappa shape index (κ2) is 10.2. The largest absolute Gasteiger partial charge is 0.309 e. The summed E-state index contributed by atoms with van der Waals surface area (Å²) in [5.41, 5.74) is 5.99. The monoisotopic (exact) mass is 511 g/mol. The summed E-state index contributed by atoms with van der Waals surface area (Å²) in [5.74, 6) is 0. The molecule has 0 saturated carbocycles. The number of nitrogens with zero attached hydrogens (tertiary/aromatic N) is 3. The molecule has 0 saturated heterocycles. The first-order chi connectivity index (χ1) is 17.5. The van der Waals surface area contributed by atoms with Crippen LogP contribution in [-0.2, 0) is 0 Å². The minimum atomic E-state index is -0.513. The normalized spacial score (nSPS) is 11.2. The highest BCUT2D eigenvalue weighted by molar-refractivity contribution is 6.32. The standard InChI is InChI=1S/C29H19Cl2N3O2/c30-23-11-14-25(15-12-23)33-27(20-7-3-1-4-8-20)17-22(29(33)21-9-5-2-6-10-21)19-32-24-13-16-26(31)28(18-24)34(35)36/h1-19H. The molecule has 0 fully saturated rings. The summed E-state index contributed by atoms with van der Waals surface area (Å²) in [5, 5.41) is 12.1. The van der Waals surface area contributed by atoms with Gasteiger partial charge in [0.1, 0.15) is 5.02 Å². The van der Waals surface area contributed by atoms with E-state index < -0.39 is 4.92 Å². The SMILES string of the molecule is O=[N+]([O-])c1cc(N=Cc2cc(-c3ccccc3)n(-c3ccc(Cl)cc3)c2-c2ccccc2)ccc1Cl. The molecule has 0 aliphatic carbocycles. The maximum Gasteiger partial charge on any atom is 0.290 e. The highest BCUT2D eigenvalue weighted by Crippen LogP contribution is 2.36. The number of aromatic nitrogens is 1. The Labute approximate surface area is 218 Å². The van der Waals surface area contributed by atoms with Crippen LogP contribution in [0.1, 0.15) is 5.56 Å². The van der Waals surface area contributed by atoms with Gasteiger partial charge in [0.15, 0.2) is 0 Å². The quantitative estimate of drug-likeness (QED) is 0.130. The number of aliphatic imine (C=N–C) groups is 1. The van der Waals surface area contributed by atoms with Crippen LogP contribution in [0.5, 0.6) is 0 Å². The van der Waals surface area contributed by atoms with E-state index in [1.165, 1.54) is 12.1 Å². The van der Waals surface area contributed by atoms with E-state index in [1.807, 2.05) is 72.8 Å². The molecule has 7 heteroatoms. The number of nitro benzene ring substituents is 1. The number of nitro groups is 1. The van der Waals surface area contributed by atoms with Crippen LogP contribution in [0.25, 0.3) is 28.2 Å². The van der Waals surface area contributed by atoms with E-state index in [-0.39, 0.29) is 10.7 Å². The number of hydrogen-bond donors (Lipinski definition) is 0. The van der Waals surface area contributed by atoms with Gasteiger partial charge in [0.2, 0.25) is 0 Å². The van der Waals surface area contributed by atoms with Gasteiger partial charge in [-0.1, -0.05) is 83.9 Å². The molecule has 0 N–H and O–H groups in total. The highest BCUT2D eigenvalue weighted by atomic mass is 35.5. The predicted octanol–water partition coefficient (Wildman–Crippen LogP) is 8.78. The molecule has 5 nitrogen and oxygen atoms in total. The van der Waals surface area contributed by atoms with Crippen molar-refractivity contribution in [3.63, 3.8) is 0 Å². The van der Waals surface area contributed by atoms with Gasteiger partial charge in [-0.15, -0.1) is 0 Å². The Morgan fingerprint density at radius 3 is 2.06 bits per heavy atom. The van der Waals surface area contributed by atoms with Crippen molar-refractivity contribution in [2.75, 3.05) is 0 Å². The Morgan fingerprint density at radius 1 is 0.778 bits per heavy atom. The molecule has 0 unspecified atom stereocenters. The maximum atomic E-state index is 11.3. The minimum absolute atomic E-state index is 0.0733. The molecule has 0 aliphatic rings. The van der Waals surface area contributed by atoms with Gasteiger partial charge in [0.05, 0.1) is 22.0 Å². The molecule has 5 aromatic rings. The van der Waals surface area contributed by atoms with E-state index in [0.29, 0.717) is 10.7 Å². The first-order valence-electron chi connectivity index (χ1n) is 11.1. The van der Waals surface area contributed by atoms with Gasteiger partial charge in [-0.25, -0.2) is 0 Å². The Morgan fingerprint density at radius 2 is 1.42 bits per heavy atom. The Bertz CT molecular complexity index is 1560. The summed E-state index contributed by atoms with van der Waals surface area (Å²) in [6.45, 7) is 0. The van der Waals surface area contributed by atoms with Gasteiger partial charge in [-0.3, -0.25) is 15.1 Å². The second-order valence-corrected chi connectivity index (χ2v) is 8.87. The van der Waals surface area contributed by atoms with Crippen molar-refractivity contribution >= 4 is 40.8 Å². The fraction of sp³-hybridized carbons (Fsp3) is 0. The predicted molar refractivity (Wildman–Crippen MR) is 147 cm³/mol. The van der Waals surface area contributed by atoms with Crippen molar-refractivity contribution in [3.8, 4) is 28.2 Å². The van der Waals surface area contributed by atoms with Gasteiger partial charge < -0.3 is 4.57 Å². The van der Waals surface area contributed by atoms with Gasteiger partial charge in [0.25, 0.3) is 5.69 Å². The highest BCUT2D eigenvalue weighted by Gasteiger charge is 2.19. The van der Waals surface area contributed by atoms with Crippen LogP contribution in [0.2, 0.25) is 10.0 Å². The average molecular weight is 512 g/mol. The van der Waals surface area contributed by atoms with Crippen LogP contribution in [-0.4, -0.2) is 15.7 Å². The van der Waals surface area contributed by atoms with Gasteiger partial charge >= 0.3 is 0 Å². The molecule has 4 aromatic carbocycles. The van der Waals surface area contributed by atoms with Crippen molar-refractivity contribution in [1.29, 1.82) is 0 Å². The lowest BCUT2D eigenvalue weighted by Crippen LogP contribution is -2.00. The van der Waals surface area contributed by atoms with Crippen molar-refractivity contribution in [1.82, 2.24) is 4.57 Å². The molecule has 176 valence electrons. The molecule has 36 heavy (non-hydrogen) atoms. The summed E-state index contributed by atoms with van der Waals surface area (Å²) < 4.78 is 2.17. The van der Waals surface area contributed by atoms with E-state index in [1.54, 1.807) is 12.3 Å². The minimum Gasteiger partial charge on any atom is -0.309 e. The van der Waals surface area contributed by atoms with Crippen molar-refractivity contribution < 1.29 is 4.92 Å². The zero-order chi connectivity index (χ0) is 25.1. The third kappa shape index (κ3) is 4.80. The molecule has 0 spiro atoms. The van der Waals surface area contributed by atoms with E-state index >= 15 is 0 Å². The lowest BCUT2D eigenvalue weighted by Gasteiger charge is -2.15. The van der Waals surface area contributed by atoms with Gasteiger partial charge in [-0.05, 0) is 53.6 Å². The van der Waals surface area contributed by atoms with E-state index in [9.17, 15) is 10.1 Å². The summed E-state index contributed by atoms with van der Waals surface area (Å²) in [7, 11) is 0. The zero-order valence-corrected chi connectivity index (χ0v) is 20.4. The summed E-state index contributed by atoms with van der Waals surface area (Å²) in [6, 6.07) is 34.4. The molecule has 5 rings (SSSR count). The molecule has 0 bridgehead atoms. The fourth-order valence-corrected chi connectivity index (χ4v) is 4.38. The first kappa shape index (κ1) is 23.5. The van der Waals surface area contributed by atoms with E-state index in [2.05, 4.69) is 27.8 Å². The molecule has 0 aliphatic heterocycles. The van der Waals surface area contributed by atoms with Crippen molar-refractivity contribution in [2.45, 2.75) is 0 Å². The number of rotatable bonds is 6. The third-order valence-corrected chi connectivity index (χ3v) is 6.28. The summed E-state index contributed by atoms with van der Waals surface area (Å²) >= 11 is 12.2. The second-order valence-electron chi connectivity index (χ2n) is 8.03. The topological polar surface area (TPSA) is 60.4 Å². The molecule has 1 aromatic heterocycles. The van der Waals surface area contributed by atoms with Gasteiger partial charge in [0, 0.05) is 28.6 Å². The number of halogens is 2. The van der Waals surface area contributed by atoms with Crippen LogP contribution < -0.4 is 0 Å². The Hall–Kier alpha value is -4.19. The molecule has 0 radical (unpaired) electrons. The summed E-state index contributed by atoms with van der Waals surface area (Å²) in [6.07, 6.45) is 1.73. The molecule has 0 amide bonds. The smallest absolute Gasteiger partial charge is 0.290 e. The Kier molecular flexibility index (Phi) is 6.67. The van der Waals surface area contributed by atoms with Crippen LogP contribution in [0.4, 0.5) is 11.4 Å². The molecular weight excluding hydrogens is 493 g/mol. The number of benzene rings is 4. The van der Waals surface area contributed by atoms with Crippen LogP contribution in [0.15, 0.2) is 114 Å². The van der Waals surface area contributed by atoms with Crippen LogP contribution in [0.3, 0.4) is 0 Å².